The average molecular weight is 238 g/mol. The molecule has 2 rings (SSSR count). The standard InChI is InChI=1S/C11H14N2O4/c14-5-8(15)9(16)10(17)11-12-6-3-1-2-4-7(6)13-11/h1-4,8-10,14-17H,5H2,(H,12,13)/t8-,9-,10+/m0/s1. The average Bonchev–Trinajstić information content (AvgIpc) is 2.79. The molecule has 0 bridgehead atoms. The number of aliphatic hydroxyl groups is 4. The number of fused-ring (bicyclic) bond motifs is 1. The first-order valence-electron chi connectivity index (χ1n) is 5.23. The van der Waals surface area contributed by atoms with Crippen molar-refractivity contribution in [2.24, 2.45) is 0 Å². The Hall–Kier alpha value is -1.47. The second-order valence-corrected chi connectivity index (χ2v) is 3.82. The molecule has 0 fully saturated rings. The van der Waals surface area contributed by atoms with Crippen LogP contribution >= 0.6 is 0 Å². The maximum atomic E-state index is 9.78. The van der Waals surface area contributed by atoms with Gasteiger partial charge in [0.2, 0.25) is 0 Å². The number of H-pyrrole nitrogens is 1. The summed E-state index contributed by atoms with van der Waals surface area (Å²) in [6.45, 7) is -0.627. The Bertz CT molecular complexity index is 466. The van der Waals surface area contributed by atoms with Gasteiger partial charge in [0, 0.05) is 0 Å². The van der Waals surface area contributed by atoms with Gasteiger partial charge in [-0.1, -0.05) is 12.1 Å². The molecule has 1 heterocycles. The van der Waals surface area contributed by atoms with Gasteiger partial charge in [0.25, 0.3) is 0 Å². The van der Waals surface area contributed by atoms with Crippen LogP contribution in [0.3, 0.4) is 0 Å². The number of nitrogens with one attached hydrogen (secondary N) is 1. The number of aromatic nitrogens is 2. The summed E-state index contributed by atoms with van der Waals surface area (Å²) in [4.78, 5) is 6.93. The van der Waals surface area contributed by atoms with E-state index in [0.29, 0.717) is 5.52 Å². The molecule has 6 heteroatoms. The second-order valence-electron chi connectivity index (χ2n) is 3.82. The number of hydrogen-bond donors (Lipinski definition) is 5. The Morgan fingerprint density at radius 3 is 2.53 bits per heavy atom. The van der Waals surface area contributed by atoms with Crippen molar-refractivity contribution < 1.29 is 20.4 Å². The highest BCUT2D eigenvalue weighted by atomic mass is 16.4. The molecule has 3 atom stereocenters. The van der Waals surface area contributed by atoms with Crippen LogP contribution in [0.4, 0.5) is 0 Å². The summed E-state index contributed by atoms with van der Waals surface area (Å²) in [6, 6.07) is 7.16. The lowest BCUT2D eigenvalue weighted by Gasteiger charge is -2.19. The van der Waals surface area contributed by atoms with Crippen LogP contribution in [-0.2, 0) is 0 Å². The number of hydrogen-bond acceptors (Lipinski definition) is 5. The smallest absolute Gasteiger partial charge is 0.140 e. The van der Waals surface area contributed by atoms with Crippen molar-refractivity contribution in [2.45, 2.75) is 18.3 Å². The van der Waals surface area contributed by atoms with Crippen molar-refractivity contribution in [3.05, 3.63) is 30.1 Å². The normalized spacial score (nSPS) is 16.9. The molecule has 6 nitrogen and oxygen atoms in total. The monoisotopic (exact) mass is 238 g/mol. The predicted octanol–water partition coefficient (Wildman–Crippen LogP) is -0.690. The topological polar surface area (TPSA) is 110 Å². The van der Waals surface area contributed by atoms with Gasteiger partial charge in [0.05, 0.1) is 17.6 Å². The van der Waals surface area contributed by atoms with Gasteiger partial charge in [-0.25, -0.2) is 4.98 Å². The van der Waals surface area contributed by atoms with E-state index < -0.39 is 24.9 Å². The molecule has 0 aliphatic heterocycles. The van der Waals surface area contributed by atoms with Crippen molar-refractivity contribution in [3.8, 4) is 0 Å². The fraction of sp³-hybridized carbons (Fsp3) is 0.364. The van der Waals surface area contributed by atoms with E-state index in [1.54, 1.807) is 18.2 Å². The molecule has 92 valence electrons. The highest BCUT2D eigenvalue weighted by Crippen LogP contribution is 2.19. The lowest BCUT2D eigenvalue weighted by Crippen LogP contribution is -2.35. The molecule has 1 aromatic carbocycles. The molecule has 0 aliphatic carbocycles. The zero-order chi connectivity index (χ0) is 12.4. The molecule has 17 heavy (non-hydrogen) atoms. The molecule has 1 aromatic heterocycles. The lowest BCUT2D eigenvalue weighted by atomic mass is 10.1. The van der Waals surface area contributed by atoms with E-state index in [-0.39, 0.29) is 5.82 Å². The minimum atomic E-state index is -1.49. The van der Waals surface area contributed by atoms with Gasteiger partial charge in [-0.05, 0) is 12.1 Å². The fourth-order valence-corrected chi connectivity index (χ4v) is 1.59. The first kappa shape index (κ1) is 12.0. The van der Waals surface area contributed by atoms with Crippen molar-refractivity contribution in [1.82, 2.24) is 9.97 Å². The molecular weight excluding hydrogens is 224 g/mol. The van der Waals surface area contributed by atoms with E-state index in [1.165, 1.54) is 0 Å². The summed E-state index contributed by atoms with van der Waals surface area (Å²) in [6.07, 6.45) is -4.26. The Morgan fingerprint density at radius 1 is 1.18 bits per heavy atom. The minimum Gasteiger partial charge on any atom is -0.394 e. The Kier molecular flexibility index (Phi) is 3.39. The molecular formula is C11H14N2O4. The zero-order valence-electron chi connectivity index (χ0n) is 8.98. The molecule has 0 aliphatic rings. The van der Waals surface area contributed by atoms with E-state index in [4.69, 9.17) is 5.11 Å². The predicted molar refractivity (Wildman–Crippen MR) is 60.2 cm³/mol. The summed E-state index contributed by atoms with van der Waals surface area (Å²) >= 11 is 0. The van der Waals surface area contributed by atoms with Crippen LogP contribution in [0.25, 0.3) is 11.0 Å². The summed E-state index contributed by atoms with van der Waals surface area (Å²) in [7, 11) is 0. The second kappa shape index (κ2) is 4.80. The Labute approximate surface area is 97.2 Å². The first-order chi connectivity index (χ1) is 8.13. The molecule has 0 saturated heterocycles. The quantitative estimate of drug-likeness (QED) is 0.484. The van der Waals surface area contributed by atoms with Crippen LogP contribution in [0.15, 0.2) is 24.3 Å². The molecule has 0 amide bonds. The van der Waals surface area contributed by atoms with E-state index in [0.717, 1.165) is 5.52 Å². The van der Waals surface area contributed by atoms with Crippen LogP contribution < -0.4 is 0 Å². The van der Waals surface area contributed by atoms with Gasteiger partial charge < -0.3 is 25.4 Å². The third-order valence-electron chi connectivity index (χ3n) is 2.59. The number of benzene rings is 1. The first-order valence-corrected chi connectivity index (χ1v) is 5.23. The summed E-state index contributed by atoms with van der Waals surface area (Å²) < 4.78 is 0. The minimum absolute atomic E-state index is 0.159. The van der Waals surface area contributed by atoms with Crippen molar-refractivity contribution in [2.75, 3.05) is 6.61 Å². The molecule has 0 saturated carbocycles. The summed E-state index contributed by atoms with van der Waals surface area (Å²) in [5.41, 5.74) is 1.39. The maximum absolute atomic E-state index is 9.78. The van der Waals surface area contributed by atoms with Crippen LogP contribution in [-0.4, -0.2) is 49.2 Å². The van der Waals surface area contributed by atoms with E-state index >= 15 is 0 Å². The summed E-state index contributed by atoms with van der Waals surface area (Å²) in [5, 5.41) is 37.2. The van der Waals surface area contributed by atoms with Gasteiger partial charge in [-0.2, -0.15) is 0 Å². The molecule has 2 aromatic rings. The zero-order valence-corrected chi connectivity index (χ0v) is 8.98. The molecule has 0 spiro atoms. The van der Waals surface area contributed by atoms with Crippen LogP contribution in [0, 0.1) is 0 Å². The van der Waals surface area contributed by atoms with Crippen molar-refractivity contribution >= 4 is 11.0 Å². The number of para-hydroxylation sites is 2. The van der Waals surface area contributed by atoms with Crippen molar-refractivity contribution in [1.29, 1.82) is 0 Å². The summed E-state index contributed by atoms with van der Waals surface area (Å²) in [5.74, 6) is 0.159. The number of nitrogens with zero attached hydrogens (tertiary/aromatic N) is 1. The molecule has 0 radical (unpaired) electrons. The molecule has 5 N–H and O–H groups in total. The number of imidazole rings is 1. The van der Waals surface area contributed by atoms with E-state index in [2.05, 4.69) is 9.97 Å². The van der Waals surface area contributed by atoms with Crippen LogP contribution in [0.5, 0.6) is 0 Å². The number of aliphatic hydroxyl groups excluding tert-OH is 4. The van der Waals surface area contributed by atoms with Gasteiger partial charge in [0.15, 0.2) is 0 Å². The largest absolute Gasteiger partial charge is 0.394 e. The van der Waals surface area contributed by atoms with E-state index in [9.17, 15) is 15.3 Å². The van der Waals surface area contributed by atoms with Crippen LogP contribution in [0.2, 0.25) is 0 Å². The van der Waals surface area contributed by atoms with Gasteiger partial charge in [-0.3, -0.25) is 0 Å². The third kappa shape index (κ3) is 2.29. The SMILES string of the molecule is OC[C@H](O)[C@H](O)[C@@H](O)c1nc2ccccc2[nH]1. The van der Waals surface area contributed by atoms with E-state index in [1.807, 2.05) is 6.07 Å². The number of rotatable bonds is 4. The number of aromatic amines is 1. The van der Waals surface area contributed by atoms with Gasteiger partial charge in [-0.15, -0.1) is 0 Å². The highest BCUT2D eigenvalue weighted by molar-refractivity contribution is 5.74. The van der Waals surface area contributed by atoms with Gasteiger partial charge in [0.1, 0.15) is 24.1 Å². The maximum Gasteiger partial charge on any atom is 0.140 e. The Balaban J connectivity index is 2.27. The van der Waals surface area contributed by atoms with Crippen molar-refractivity contribution in [3.63, 3.8) is 0 Å². The fourth-order valence-electron chi connectivity index (χ4n) is 1.59. The molecule has 0 unspecified atom stereocenters. The highest BCUT2D eigenvalue weighted by Gasteiger charge is 2.27. The Morgan fingerprint density at radius 2 is 1.88 bits per heavy atom. The third-order valence-corrected chi connectivity index (χ3v) is 2.59. The van der Waals surface area contributed by atoms with Crippen LogP contribution in [0.1, 0.15) is 11.9 Å². The lowest BCUT2D eigenvalue weighted by molar-refractivity contribution is -0.0800. The van der Waals surface area contributed by atoms with Gasteiger partial charge >= 0.3 is 0 Å².